The van der Waals surface area contributed by atoms with E-state index in [9.17, 15) is 18.0 Å². The highest BCUT2D eigenvalue weighted by atomic mass is 19.3. The number of hydrogen-bond donors (Lipinski definition) is 2. The van der Waals surface area contributed by atoms with Gasteiger partial charge in [0.2, 0.25) is 5.91 Å². The van der Waals surface area contributed by atoms with Gasteiger partial charge in [0, 0.05) is 36.0 Å². The van der Waals surface area contributed by atoms with Crippen LogP contribution in [0.1, 0.15) is 55.6 Å². The average molecular weight is 485 g/mol. The number of nitrogens with zero attached hydrogens (tertiary/aromatic N) is 4. The number of fused-ring (bicyclic) bond motifs is 1. The molecule has 2 fully saturated rings. The summed E-state index contributed by atoms with van der Waals surface area (Å²) >= 11 is 0. The molecule has 10 heteroatoms. The Bertz CT molecular complexity index is 1270. The van der Waals surface area contributed by atoms with Crippen LogP contribution in [0.5, 0.6) is 0 Å². The van der Waals surface area contributed by atoms with E-state index < -0.39 is 23.8 Å². The molecule has 35 heavy (non-hydrogen) atoms. The van der Waals surface area contributed by atoms with Gasteiger partial charge in [-0.3, -0.25) is 4.79 Å². The molecule has 5 rings (SSSR count). The number of anilines is 2. The van der Waals surface area contributed by atoms with Crippen molar-refractivity contribution in [2.24, 2.45) is 5.92 Å². The van der Waals surface area contributed by atoms with Gasteiger partial charge in [-0.1, -0.05) is 18.2 Å². The van der Waals surface area contributed by atoms with Gasteiger partial charge in [0.15, 0.2) is 0 Å². The van der Waals surface area contributed by atoms with Crippen molar-refractivity contribution in [2.75, 3.05) is 23.3 Å². The van der Waals surface area contributed by atoms with Crippen molar-refractivity contribution >= 4 is 28.4 Å². The zero-order chi connectivity index (χ0) is 24.7. The summed E-state index contributed by atoms with van der Waals surface area (Å²) < 4.78 is 41.1. The van der Waals surface area contributed by atoms with E-state index in [1.807, 2.05) is 6.07 Å². The molecule has 1 aliphatic carbocycles. The fraction of sp³-hybridized carbons (Fsp3) is 0.440. The normalized spacial score (nSPS) is 18.8. The minimum atomic E-state index is -2.89. The van der Waals surface area contributed by atoms with E-state index in [4.69, 9.17) is 0 Å². The van der Waals surface area contributed by atoms with Crippen molar-refractivity contribution in [1.29, 1.82) is 0 Å². The van der Waals surface area contributed by atoms with Gasteiger partial charge in [0.05, 0.1) is 23.3 Å². The fourth-order valence-electron chi connectivity index (χ4n) is 4.53. The van der Waals surface area contributed by atoms with E-state index in [2.05, 4.69) is 30.5 Å². The standard InChI is InChI=1S/C25H27F3N6O/c1-13(17-4-3-5-18(22(17)26)23(27)28)30-24-19-10-21(29-11-20(19)31-14(2)32-24)34-9-8-16(12-34)33-25(35)15-6-7-15/h3-5,10-11,13,15-16,23H,6-9,12H2,1-2H3,(H,33,35)(H,30,31,32)/t13-,16-/m1/s1. The van der Waals surface area contributed by atoms with E-state index in [0.29, 0.717) is 29.1 Å². The number of aryl methyl sites for hydroxylation is 1. The third-order valence-corrected chi connectivity index (χ3v) is 6.60. The van der Waals surface area contributed by atoms with Crippen LogP contribution in [-0.2, 0) is 4.79 Å². The summed E-state index contributed by atoms with van der Waals surface area (Å²) in [7, 11) is 0. The zero-order valence-corrected chi connectivity index (χ0v) is 19.6. The van der Waals surface area contributed by atoms with Crippen LogP contribution in [0.15, 0.2) is 30.5 Å². The number of aromatic nitrogens is 3. The quantitative estimate of drug-likeness (QED) is 0.507. The lowest BCUT2D eigenvalue weighted by Gasteiger charge is -2.21. The van der Waals surface area contributed by atoms with Crippen LogP contribution in [0.4, 0.5) is 24.8 Å². The van der Waals surface area contributed by atoms with Gasteiger partial charge in [-0.15, -0.1) is 0 Å². The lowest BCUT2D eigenvalue weighted by molar-refractivity contribution is -0.122. The third kappa shape index (κ3) is 4.87. The average Bonchev–Trinajstić information content (AvgIpc) is 3.58. The SMILES string of the molecule is Cc1nc(N[C@H](C)c2cccc(C(F)F)c2F)c2cc(N3CC[C@@H](NC(=O)C4CC4)C3)ncc2n1. The predicted molar refractivity (Wildman–Crippen MR) is 127 cm³/mol. The Labute approximate surface area is 201 Å². The Balaban J connectivity index is 1.39. The van der Waals surface area contributed by atoms with Gasteiger partial charge in [-0.25, -0.2) is 28.1 Å². The molecule has 3 aromatic rings. The number of carbonyl (C=O) groups excluding carboxylic acids is 1. The largest absolute Gasteiger partial charge is 0.363 e. The van der Waals surface area contributed by atoms with Crippen LogP contribution in [0.2, 0.25) is 0 Å². The second kappa shape index (κ2) is 9.31. The zero-order valence-electron chi connectivity index (χ0n) is 19.6. The van der Waals surface area contributed by atoms with Crippen LogP contribution in [0.25, 0.3) is 10.9 Å². The lowest BCUT2D eigenvalue weighted by atomic mass is 10.0. The molecule has 2 aliphatic rings. The molecule has 2 atom stereocenters. The molecule has 0 bridgehead atoms. The molecule has 2 N–H and O–H groups in total. The number of hydrogen-bond acceptors (Lipinski definition) is 6. The highest BCUT2D eigenvalue weighted by molar-refractivity contribution is 5.90. The van der Waals surface area contributed by atoms with Gasteiger partial charge in [0.25, 0.3) is 6.43 Å². The molecule has 0 spiro atoms. The van der Waals surface area contributed by atoms with Crippen molar-refractivity contribution < 1.29 is 18.0 Å². The van der Waals surface area contributed by atoms with Crippen molar-refractivity contribution in [1.82, 2.24) is 20.3 Å². The number of pyridine rings is 1. The Kier molecular flexibility index (Phi) is 6.21. The summed E-state index contributed by atoms with van der Waals surface area (Å²) in [4.78, 5) is 27.8. The van der Waals surface area contributed by atoms with Crippen LogP contribution < -0.4 is 15.5 Å². The van der Waals surface area contributed by atoms with Crippen LogP contribution in [-0.4, -0.2) is 40.0 Å². The second-order valence-electron chi connectivity index (χ2n) is 9.31. The monoisotopic (exact) mass is 484 g/mol. The van der Waals surface area contributed by atoms with Crippen molar-refractivity contribution in [3.05, 3.63) is 53.2 Å². The Morgan fingerprint density at radius 2 is 1.94 bits per heavy atom. The van der Waals surface area contributed by atoms with E-state index in [0.717, 1.165) is 37.7 Å². The first-order chi connectivity index (χ1) is 16.8. The van der Waals surface area contributed by atoms with Gasteiger partial charge in [-0.05, 0) is 39.2 Å². The van der Waals surface area contributed by atoms with Crippen LogP contribution >= 0.6 is 0 Å². The first-order valence-corrected chi connectivity index (χ1v) is 11.8. The van der Waals surface area contributed by atoms with E-state index in [1.54, 1.807) is 20.0 Å². The van der Waals surface area contributed by atoms with E-state index >= 15 is 0 Å². The predicted octanol–water partition coefficient (Wildman–Crippen LogP) is 4.69. The Hall–Kier alpha value is -3.43. The van der Waals surface area contributed by atoms with E-state index in [1.165, 1.54) is 12.1 Å². The van der Waals surface area contributed by atoms with Crippen LogP contribution in [0.3, 0.4) is 0 Å². The second-order valence-corrected chi connectivity index (χ2v) is 9.31. The minimum Gasteiger partial charge on any atom is -0.363 e. The molecule has 1 saturated heterocycles. The first kappa shape index (κ1) is 23.3. The number of amides is 1. The number of carbonyl (C=O) groups is 1. The molecule has 1 aromatic carbocycles. The number of rotatable bonds is 7. The molecule has 0 radical (unpaired) electrons. The third-order valence-electron chi connectivity index (χ3n) is 6.60. The highest BCUT2D eigenvalue weighted by Gasteiger charge is 2.33. The topological polar surface area (TPSA) is 83.0 Å². The molecule has 1 amide bonds. The fourth-order valence-corrected chi connectivity index (χ4v) is 4.53. The summed E-state index contributed by atoms with van der Waals surface area (Å²) in [6, 6.07) is 5.35. The Morgan fingerprint density at radius 3 is 2.69 bits per heavy atom. The van der Waals surface area contributed by atoms with Crippen LogP contribution in [0, 0.1) is 18.7 Å². The minimum absolute atomic E-state index is 0.0811. The number of nitrogens with one attached hydrogen (secondary N) is 2. The molecular formula is C25H27F3N6O. The number of halogens is 3. The maximum atomic E-state index is 14.7. The molecule has 7 nitrogen and oxygen atoms in total. The maximum Gasteiger partial charge on any atom is 0.266 e. The van der Waals surface area contributed by atoms with Crippen molar-refractivity contribution in [3.8, 4) is 0 Å². The summed E-state index contributed by atoms with van der Waals surface area (Å²) in [6.45, 7) is 4.86. The summed E-state index contributed by atoms with van der Waals surface area (Å²) in [6.07, 6.45) is 1.56. The van der Waals surface area contributed by atoms with Gasteiger partial charge >= 0.3 is 0 Å². The molecule has 1 saturated carbocycles. The highest BCUT2D eigenvalue weighted by Crippen LogP contribution is 2.32. The van der Waals surface area contributed by atoms with Gasteiger partial charge in [-0.2, -0.15) is 0 Å². The first-order valence-electron chi connectivity index (χ1n) is 11.8. The van der Waals surface area contributed by atoms with Crippen molar-refractivity contribution in [3.63, 3.8) is 0 Å². The molecular weight excluding hydrogens is 457 g/mol. The Morgan fingerprint density at radius 1 is 1.17 bits per heavy atom. The smallest absolute Gasteiger partial charge is 0.266 e. The van der Waals surface area contributed by atoms with Crippen molar-refractivity contribution in [2.45, 2.75) is 51.6 Å². The lowest BCUT2D eigenvalue weighted by Crippen LogP contribution is -2.38. The molecule has 2 aromatic heterocycles. The van der Waals surface area contributed by atoms with Gasteiger partial charge in [0.1, 0.15) is 23.3 Å². The van der Waals surface area contributed by atoms with E-state index in [-0.39, 0.29) is 23.4 Å². The number of alkyl halides is 2. The molecule has 0 unspecified atom stereocenters. The summed E-state index contributed by atoms with van der Waals surface area (Å²) in [5.74, 6) is 1.10. The molecule has 1 aliphatic heterocycles. The number of benzene rings is 1. The summed E-state index contributed by atoms with van der Waals surface area (Å²) in [5, 5.41) is 7.00. The summed E-state index contributed by atoms with van der Waals surface area (Å²) in [5.41, 5.74) is 0.134. The maximum absolute atomic E-state index is 14.7. The molecule has 184 valence electrons. The molecule has 3 heterocycles. The van der Waals surface area contributed by atoms with Gasteiger partial charge < -0.3 is 15.5 Å².